The van der Waals surface area contributed by atoms with Crippen molar-refractivity contribution in [2.45, 2.75) is 64.5 Å². The van der Waals surface area contributed by atoms with Crippen LogP contribution in [0.25, 0.3) is 0 Å². The molecule has 0 amide bonds. The molecule has 2 unspecified atom stereocenters. The molecule has 2 atom stereocenters. The van der Waals surface area contributed by atoms with Crippen LogP contribution in [-0.4, -0.2) is 11.0 Å². The summed E-state index contributed by atoms with van der Waals surface area (Å²) in [6.45, 7) is 3.30. The van der Waals surface area contributed by atoms with Crippen molar-refractivity contribution in [3.8, 4) is 0 Å². The fourth-order valence-electron chi connectivity index (χ4n) is 3.04. The number of pyridine rings is 1. The molecule has 18 heavy (non-hydrogen) atoms. The lowest BCUT2D eigenvalue weighted by Gasteiger charge is -2.16. The van der Waals surface area contributed by atoms with Crippen molar-refractivity contribution in [2.75, 3.05) is 0 Å². The lowest BCUT2D eigenvalue weighted by molar-refractivity contribution is 0.409. The van der Waals surface area contributed by atoms with Gasteiger partial charge in [0.1, 0.15) is 0 Å². The Balaban J connectivity index is 1.73. The van der Waals surface area contributed by atoms with Gasteiger partial charge in [-0.2, -0.15) is 0 Å². The van der Waals surface area contributed by atoms with E-state index >= 15 is 0 Å². The van der Waals surface area contributed by atoms with Gasteiger partial charge in [-0.15, -0.1) is 0 Å². The number of hydrogen-bond donors (Lipinski definition) is 1. The molecular formula is C16H26N2. The van der Waals surface area contributed by atoms with Crippen molar-refractivity contribution in [1.29, 1.82) is 0 Å². The Bertz CT molecular complexity index is 323. The van der Waals surface area contributed by atoms with Crippen LogP contribution >= 0.6 is 0 Å². The third-order valence-electron chi connectivity index (χ3n) is 4.13. The van der Waals surface area contributed by atoms with Gasteiger partial charge in [-0.1, -0.05) is 32.6 Å². The zero-order valence-corrected chi connectivity index (χ0v) is 11.6. The summed E-state index contributed by atoms with van der Waals surface area (Å²) >= 11 is 0. The molecule has 1 N–H and O–H groups in total. The maximum Gasteiger partial charge on any atom is 0.0271 e. The van der Waals surface area contributed by atoms with E-state index in [9.17, 15) is 0 Å². The van der Waals surface area contributed by atoms with Crippen molar-refractivity contribution in [2.24, 2.45) is 5.92 Å². The molecule has 100 valence electrons. The Morgan fingerprint density at radius 3 is 2.78 bits per heavy atom. The SMILES string of the molecule is CCCC1CCCC(NCc2ccncc2)CC1. The standard InChI is InChI=1S/C16H26N2/c1-2-4-14-5-3-6-16(8-7-14)18-13-15-9-11-17-12-10-15/h9-12,14,16,18H,2-8,13H2,1H3. The first-order chi connectivity index (χ1) is 8.88. The molecule has 0 aromatic carbocycles. The second-order valence-electron chi connectivity index (χ2n) is 5.60. The molecule has 1 aliphatic carbocycles. The lowest BCUT2D eigenvalue weighted by atomic mass is 9.95. The van der Waals surface area contributed by atoms with Crippen molar-refractivity contribution in [3.63, 3.8) is 0 Å². The number of hydrogen-bond acceptors (Lipinski definition) is 2. The van der Waals surface area contributed by atoms with Crippen LogP contribution in [0.2, 0.25) is 0 Å². The van der Waals surface area contributed by atoms with Crippen LogP contribution in [0.4, 0.5) is 0 Å². The lowest BCUT2D eigenvalue weighted by Crippen LogP contribution is -2.27. The molecular weight excluding hydrogens is 220 g/mol. The molecule has 1 saturated carbocycles. The second kappa shape index (κ2) is 7.52. The average molecular weight is 246 g/mol. The summed E-state index contributed by atoms with van der Waals surface area (Å²) in [5.41, 5.74) is 1.35. The van der Waals surface area contributed by atoms with Gasteiger partial charge in [0.2, 0.25) is 0 Å². The van der Waals surface area contributed by atoms with E-state index in [2.05, 4.69) is 29.4 Å². The van der Waals surface area contributed by atoms with Crippen LogP contribution in [0.15, 0.2) is 24.5 Å². The Hall–Kier alpha value is -0.890. The van der Waals surface area contributed by atoms with Gasteiger partial charge >= 0.3 is 0 Å². The number of nitrogens with one attached hydrogen (secondary N) is 1. The zero-order valence-electron chi connectivity index (χ0n) is 11.6. The first-order valence-electron chi connectivity index (χ1n) is 7.50. The van der Waals surface area contributed by atoms with E-state index in [4.69, 9.17) is 0 Å². The predicted octanol–water partition coefficient (Wildman–Crippen LogP) is 3.92. The van der Waals surface area contributed by atoms with Gasteiger partial charge < -0.3 is 5.32 Å². The zero-order chi connectivity index (χ0) is 12.6. The highest BCUT2D eigenvalue weighted by Gasteiger charge is 2.17. The molecule has 0 bridgehead atoms. The van der Waals surface area contributed by atoms with Gasteiger partial charge in [-0.05, 0) is 42.9 Å². The summed E-state index contributed by atoms with van der Waals surface area (Å²) in [5, 5.41) is 3.71. The summed E-state index contributed by atoms with van der Waals surface area (Å²) in [5.74, 6) is 0.989. The summed E-state index contributed by atoms with van der Waals surface area (Å²) in [6.07, 6.45) is 13.5. The second-order valence-corrected chi connectivity index (χ2v) is 5.60. The Morgan fingerprint density at radius 1 is 1.17 bits per heavy atom. The van der Waals surface area contributed by atoms with E-state index in [0.717, 1.165) is 18.5 Å². The average Bonchev–Trinajstić information content (AvgIpc) is 2.64. The normalized spacial score (nSPS) is 24.7. The summed E-state index contributed by atoms with van der Waals surface area (Å²) in [4.78, 5) is 4.06. The van der Waals surface area contributed by atoms with E-state index in [1.54, 1.807) is 0 Å². The van der Waals surface area contributed by atoms with Gasteiger partial charge in [0.15, 0.2) is 0 Å². The Morgan fingerprint density at radius 2 is 2.00 bits per heavy atom. The van der Waals surface area contributed by atoms with E-state index in [0.29, 0.717) is 0 Å². The van der Waals surface area contributed by atoms with E-state index < -0.39 is 0 Å². The highest BCUT2D eigenvalue weighted by atomic mass is 14.9. The topological polar surface area (TPSA) is 24.9 Å². The van der Waals surface area contributed by atoms with Gasteiger partial charge in [0.05, 0.1) is 0 Å². The van der Waals surface area contributed by atoms with E-state index in [-0.39, 0.29) is 0 Å². The Kier molecular flexibility index (Phi) is 5.66. The molecule has 2 heteroatoms. The molecule has 0 spiro atoms. The van der Waals surface area contributed by atoms with Gasteiger partial charge in [-0.25, -0.2) is 0 Å². The highest BCUT2D eigenvalue weighted by molar-refractivity contribution is 5.09. The van der Waals surface area contributed by atoms with Gasteiger partial charge in [-0.3, -0.25) is 4.98 Å². The fraction of sp³-hybridized carbons (Fsp3) is 0.688. The largest absolute Gasteiger partial charge is 0.310 e. The van der Waals surface area contributed by atoms with Crippen LogP contribution in [0.3, 0.4) is 0 Å². The minimum absolute atomic E-state index is 0.722. The number of nitrogens with zero attached hydrogens (tertiary/aromatic N) is 1. The van der Waals surface area contributed by atoms with Crippen LogP contribution in [0.1, 0.15) is 57.4 Å². The summed E-state index contributed by atoms with van der Waals surface area (Å²) in [7, 11) is 0. The maximum absolute atomic E-state index is 4.06. The van der Waals surface area contributed by atoms with E-state index in [1.807, 2.05) is 12.4 Å². The summed E-state index contributed by atoms with van der Waals surface area (Å²) in [6, 6.07) is 4.92. The van der Waals surface area contributed by atoms with Crippen LogP contribution in [-0.2, 0) is 6.54 Å². The van der Waals surface area contributed by atoms with Crippen LogP contribution < -0.4 is 5.32 Å². The first-order valence-corrected chi connectivity index (χ1v) is 7.50. The minimum Gasteiger partial charge on any atom is -0.310 e. The number of rotatable bonds is 5. The van der Waals surface area contributed by atoms with Crippen molar-refractivity contribution in [3.05, 3.63) is 30.1 Å². The molecule has 0 radical (unpaired) electrons. The molecule has 0 aliphatic heterocycles. The maximum atomic E-state index is 4.06. The van der Waals surface area contributed by atoms with Crippen molar-refractivity contribution in [1.82, 2.24) is 10.3 Å². The molecule has 2 nitrogen and oxygen atoms in total. The van der Waals surface area contributed by atoms with Gasteiger partial charge in [0.25, 0.3) is 0 Å². The van der Waals surface area contributed by atoms with Crippen molar-refractivity contribution >= 4 is 0 Å². The summed E-state index contributed by atoms with van der Waals surface area (Å²) < 4.78 is 0. The molecule has 1 aromatic heterocycles. The highest BCUT2D eigenvalue weighted by Crippen LogP contribution is 2.26. The molecule has 2 rings (SSSR count). The molecule has 1 aliphatic rings. The Labute approximate surface area is 111 Å². The quantitative estimate of drug-likeness (QED) is 0.796. The van der Waals surface area contributed by atoms with Gasteiger partial charge in [0, 0.05) is 25.0 Å². The molecule has 1 aromatic rings. The smallest absolute Gasteiger partial charge is 0.0271 e. The molecule has 1 fully saturated rings. The van der Waals surface area contributed by atoms with Crippen molar-refractivity contribution < 1.29 is 0 Å². The number of aromatic nitrogens is 1. The van der Waals surface area contributed by atoms with E-state index in [1.165, 1.54) is 50.5 Å². The minimum atomic E-state index is 0.722. The third-order valence-corrected chi connectivity index (χ3v) is 4.13. The van der Waals surface area contributed by atoms with Crippen LogP contribution in [0, 0.1) is 5.92 Å². The fourth-order valence-corrected chi connectivity index (χ4v) is 3.04. The molecule has 0 saturated heterocycles. The molecule has 1 heterocycles. The predicted molar refractivity (Wildman–Crippen MR) is 76.3 cm³/mol. The monoisotopic (exact) mass is 246 g/mol. The van der Waals surface area contributed by atoms with Crippen LogP contribution in [0.5, 0.6) is 0 Å². The third kappa shape index (κ3) is 4.41. The first kappa shape index (κ1) is 13.5.